The Bertz CT molecular complexity index is 724. The van der Waals surface area contributed by atoms with E-state index in [0.29, 0.717) is 18.0 Å². The van der Waals surface area contributed by atoms with Crippen LogP contribution in [0.5, 0.6) is 0 Å². The Morgan fingerprint density at radius 2 is 1.82 bits per heavy atom. The van der Waals surface area contributed by atoms with E-state index < -0.39 is 10.1 Å². The second kappa shape index (κ2) is 6.22. The number of rotatable bonds is 5. The topological polar surface area (TPSA) is 69.4 Å². The van der Waals surface area contributed by atoms with Crippen LogP contribution in [0.25, 0.3) is 0 Å². The maximum atomic E-state index is 12.0. The second-order valence-corrected chi connectivity index (χ2v) is 7.85. The fraction of sp³-hybridized carbons (Fsp3) is 0.438. The van der Waals surface area contributed by atoms with Gasteiger partial charge in [0, 0.05) is 11.8 Å². The fourth-order valence-corrected chi connectivity index (χ4v) is 2.70. The SMILES string of the molecule is Cc1ccc(S(=O)(=O)OCCc2coc(C(C)(C)C)n2)cc1. The predicted octanol–water partition coefficient (Wildman–Crippen LogP) is 3.23. The summed E-state index contributed by atoms with van der Waals surface area (Å²) in [5.41, 5.74) is 1.51. The normalized spacial score (nSPS) is 12.5. The number of hydrogen-bond acceptors (Lipinski definition) is 5. The van der Waals surface area contributed by atoms with Gasteiger partial charge < -0.3 is 4.42 Å². The summed E-state index contributed by atoms with van der Waals surface area (Å²) in [6.45, 7) is 7.93. The average Bonchev–Trinajstić information content (AvgIpc) is 2.88. The lowest BCUT2D eigenvalue weighted by atomic mass is 9.97. The largest absolute Gasteiger partial charge is 0.448 e. The number of aryl methyl sites for hydroxylation is 1. The Kier molecular flexibility index (Phi) is 4.72. The highest BCUT2D eigenvalue weighted by Crippen LogP contribution is 2.21. The molecule has 2 aromatic rings. The Hall–Kier alpha value is -1.66. The molecule has 0 radical (unpaired) electrons. The van der Waals surface area contributed by atoms with Gasteiger partial charge in [0.2, 0.25) is 0 Å². The third-order valence-electron chi connectivity index (χ3n) is 3.10. The van der Waals surface area contributed by atoms with Crippen molar-refractivity contribution in [3.8, 4) is 0 Å². The summed E-state index contributed by atoms with van der Waals surface area (Å²) in [5.74, 6) is 0.629. The molecule has 0 aliphatic heterocycles. The first-order chi connectivity index (χ1) is 10.2. The highest BCUT2D eigenvalue weighted by molar-refractivity contribution is 7.86. The molecule has 22 heavy (non-hydrogen) atoms. The van der Waals surface area contributed by atoms with Crippen molar-refractivity contribution in [1.82, 2.24) is 4.98 Å². The highest BCUT2D eigenvalue weighted by atomic mass is 32.2. The van der Waals surface area contributed by atoms with Gasteiger partial charge in [-0.2, -0.15) is 8.42 Å². The second-order valence-electron chi connectivity index (χ2n) is 6.23. The van der Waals surface area contributed by atoms with Crippen molar-refractivity contribution < 1.29 is 17.0 Å². The van der Waals surface area contributed by atoms with E-state index in [2.05, 4.69) is 4.98 Å². The third kappa shape index (κ3) is 4.18. The van der Waals surface area contributed by atoms with E-state index >= 15 is 0 Å². The predicted molar refractivity (Wildman–Crippen MR) is 83.2 cm³/mol. The molecule has 1 aromatic carbocycles. The lowest BCUT2D eigenvalue weighted by Crippen LogP contribution is -2.12. The summed E-state index contributed by atoms with van der Waals surface area (Å²) in [7, 11) is -3.73. The smallest absolute Gasteiger partial charge is 0.296 e. The summed E-state index contributed by atoms with van der Waals surface area (Å²) in [4.78, 5) is 4.50. The average molecular weight is 323 g/mol. The first-order valence-electron chi connectivity index (χ1n) is 7.09. The van der Waals surface area contributed by atoms with Gasteiger partial charge in [0.05, 0.1) is 17.2 Å². The third-order valence-corrected chi connectivity index (χ3v) is 4.43. The van der Waals surface area contributed by atoms with Gasteiger partial charge in [-0.3, -0.25) is 4.18 Å². The number of nitrogens with zero attached hydrogens (tertiary/aromatic N) is 1. The van der Waals surface area contributed by atoms with Crippen molar-refractivity contribution in [3.63, 3.8) is 0 Å². The molecule has 120 valence electrons. The number of hydrogen-bond donors (Lipinski definition) is 0. The molecule has 6 heteroatoms. The van der Waals surface area contributed by atoms with Crippen LogP contribution in [-0.4, -0.2) is 20.0 Å². The van der Waals surface area contributed by atoms with E-state index in [0.717, 1.165) is 5.56 Å². The lowest BCUT2D eigenvalue weighted by molar-refractivity contribution is 0.320. The molecule has 0 saturated heterocycles. The summed E-state index contributed by atoms with van der Waals surface area (Å²) in [5, 5.41) is 0. The van der Waals surface area contributed by atoms with Gasteiger partial charge in [-0.05, 0) is 19.1 Å². The molecular weight excluding hydrogens is 302 g/mol. The summed E-state index contributed by atoms with van der Waals surface area (Å²) in [6, 6.07) is 6.56. The Labute approximate surface area is 131 Å². The quantitative estimate of drug-likeness (QED) is 0.790. The first kappa shape index (κ1) is 16.7. The van der Waals surface area contributed by atoms with Crippen LogP contribution in [-0.2, 0) is 26.1 Å². The number of aromatic nitrogens is 1. The van der Waals surface area contributed by atoms with Crippen molar-refractivity contribution in [2.24, 2.45) is 0 Å². The first-order valence-corrected chi connectivity index (χ1v) is 8.50. The van der Waals surface area contributed by atoms with Crippen molar-refractivity contribution >= 4 is 10.1 Å². The van der Waals surface area contributed by atoms with Crippen LogP contribution in [0, 0.1) is 6.92 Å². The van der Waals surface area contributed by atoms with E-state index in [1.165, 1.54) is 0 Å². The zero-order valence-corrected chi connectivity index (χ0v) is 14.1. The minimum atomic E-state index is -3.73. The van der Waals surface area contributed by atoms with Crippen molar-refractivity contribution in [3.05, 3.63) is 47.7 Å². The van der Waals surface area contributed by atoms with Crippen LogP contribution in [0.4, 0.5) is 0 Å². The van der Waals surface area contributed by atoms with E-state index in [1.807, 2.05) is 27.7 Å². The molecule has 1 heterocycles. The molecule has 0 unspecified atom stereocenters. The number of benzene rings is 1. The molecular formula is C16H21NO4S. The molecule has 1 aromatic heterocycles. The molecule has 0 amide bonds. The van der Waals surface area contributed by atoms with Crippen LogP contribution in [0.2, 0.25) is 0 Å². The molecule has 2 rings (SSSR count). The molecule has 0 saturated carbocycles. The molecule has 0 bridgehead atoms. The maximum Gasteiger partial charge on any atom is 0.296 e. The molecule has 5 nitrogen and oxygen atoms in total. The molecule has 0 aliphatic carbocycles. The molecule has 0 aliphatic rings. The summed E-state index contributed by atoms with van der Waals surface area (Å²) in [6.07, 6.45) is 1.92. The van der Waals surface area contributed by atoms with Crippen molar-refractivity contribution in [2.45, 2.75) is 44.4 Å². The zero-order chi connectivity index (χ0) is 16.4. The van der Waals surface area contributed by atoms with Crippen LogP contribution in [0.1, 0.15) is 37.9 Å². The van der Waals surface area contributed by atoms with Gasteiger partial charge in [-0.1, -0.05) is 38.5 Å². The number of oxazole rings is 1. The van der Waals surface area contributed by atoms with Gasteiger partial charge in [0.15, 0.2) is 5.89 Å². The fourth-order valence-electron chi connectivity index (χ4n) is 1.80. The monoisotopic (exact) mass is 323 g/mol. The van der Waals surface area contributed by atoms with Gasteiger partial charge in [0.1, 0.15) is 6.26 Å². The Morgan fingerprint density at radius 1 is 1.18 bits per heavy atom. The van der Waals surface area contributed by atoms with Crippen LogP contribution >= 0.6 is 0 Å². The maximum absolute atomic E-state index is 12.0. The highest BCUT2D eigenvalue weighted by Gasteiger charge is 2.20. The van der Waals surface area contributed by atoms with Crippen LogP contribution in [0.15, 0.2) is 39.8 Å². The van der Waals surface area contributed by atoms with Gasteiger partial charge in [-0.25, -0.2) is 4.98 Å². The van der Waals surface area contributed by atoms with Crippen LogP contribution < -0.4 is 0 Å². The molecule has 0 N–H and O–H groups in total. The summed E-state index contributed by atoms with van der Waals surface area (Å²) < 4.78 is 34.5. The van der Waals surface area contributed by atoms with E-state index in [4.69, 9.17) is 8.60 Å². The lowest BCUT2D eigenvalue weighted by Gasteiger charge is -2.11. The molecule has 0 fully saturated rings. The van der Waals surface area contributed by atoms with Gasteiger partial charge in [0.25, 0.3) is 10.1 Å². The van der Waals surface area contributed by atoms with E-state index in [-0.39, 0.29) is 16.9 Å². The van der Waals surface area contributed by atoms with E-state index in [1.54, 1.807) is 30.5 Å². The molecule has 0 spiro atoms. The van der Waals surface area contributed by atoms with Crippen molar-refractivity contribution in [1.29, 1.82) is 0 Å². The summed E-state index contributed by atoms with van der Waals surface area (Å²) >= 11 is 0. The van der Waals surface area contributed by atoms with Crippen LogP contribution in [0.3, 0.4) is 0 Å². The van der Waals surface area contributed by atoms with E-state index in [9.17, 15) is 8.42 Å². The Balaban J connectivity index is 1.95. The van der Waals surface area contributed by atoms with Gasteiger partial charge in [-0.15, -0.1) is 0 Å². The standard InChI is InChI=1S/C16H21NO4S/c1-12-5-7-14(8-6-12)22(18,19)21-10-9-13-11-20-15(17-13)16(2,3)4/h5-8,11H,9-10H2,1-4H3. The zero-order valence-electron chi connectivity index (χ0n) is 13.3. The minimum Gasteiger partial charge on any atom is -0.448 e. The van der Waals surface area contributed by atoms with Gasteiger partial charge >= 0.3 is 0 Å². The minimum absolute atomic E-state index is 0.0341. The van der Waals surface area contributed by atoms with Crippen molar-refractivity contribution in [2.75, 3.05) is 6.61 Å². The Morgan fingerprint density at radius 3 is 2.36 bits per heavy atom. The molecule has 0 atom stereocenters.